The zero-order chi connectivity index (χ0) is 15.4. The van der Waals surface area contributed by atoms with Crippen LogP contribution in [0, 0.1) is 0 Å². The summed E-state index contributed by atoms with van der Waals surface area (Å²) in [7, 11) is 1.74. The molecule has 0 radical (unpaired) electrons. The summed E-state index contributed by atoms with van der Waals surface area (Å²) >= 11 is 0. The Hall–Kier alpha value is -1.88. The van der Waals surface area contributed by atoms with Crippen LogP contribution in [0.5, 0.6) is 0 Å². The number of hydrogen-bond donors (Lipinski definition) is 2. The molecular formula is C16H23N3O2. The van der Waals surface area contributed by atoms with E-state index in [9.17, 15) is 9.59 Å². The van der Waals surface area contributed by atoms with Gasteiger partial charge in [0.1, 0.15) is 6.04 Å². The van der Waals surface area contributed by atoms with E-state index in [0.717, 1.165) is 0 Å². The van der Waals surface area contributed by atoms with Gasteiger partial charge in [-0.1, -0.05) is 24.3 Å². The van der Waals surface area contributed by atoms with Gasteiger partial charge in [0.05, 0.1) is 6.04 Å². The Bertz CT molecular complexity index is 530. The Kier molecular flexibility index (Phi) is 4.96. The molecule has 2 N–H and O–H groups in total. The van der Waals surface area contributed by atoms with Crippen LogP contribution in [0.2, 0.25) is 0 Å². The average Bonchev–Trinajstić information content (AvgIpc) is 2.52. The second kappa shape index (κ2) is 6.72. The monoisotopic (exact) mass is 289 g/mol. The summed E-state index contributed by atoms with van der Waals surface area (Å²) in [6.45, 7) is 4.95. The van der Waals surface area contributed by atoms with Gasteiger partial charge in [0, 0.05) is 20.1 Å². The lowest BCUT2D eigenvalue weighted by Gasteiger charge is -2.27. The van der Waals surface area contributed by atoms with E-state index in [2.05, 4.69) is 22.8 Å². The summed E-state index contributed by atoms with van der Waals surface area (Å²) in [5.41, 5.74) is 2.43. The first-order chi connectivity index (χ1) is 10.0. The minimum Gasteiger partial charge on any atom is -0.344 e. The van der Waals surface area contributed by atoms with Crippen LogP contribution in [0.15, 0.2) is 24.3 Å². The Morgan fingerprint density at radius 2 is 2.05 bits per heavy atom. The molecule has 2 rings (SSSR count). The van der Waals surface area contributed by atoms with Gasteiger partial charge in [-0.25, -0.2) is 0 Å². The molecule has 1 aromatic carbocycles. The molecule has 2 atom stereocenters. The summed E-state index contributed by atoms with van der Waals surface area (Å²) in [5.74, 6) is -0.183. The number of carbonyl (C=O) groups is 2. The third-order valence-electron chi connectivity index (χ3n) is 3.98. The smallest absolute Gasteiger partial charge is 0.244 e. The zero-order valence-corrected chi connectivity index (χ0v) is 12.8. The molecule has 0 fully saturated rings. The molecule has 0 spiro atoms. The summed E-state index contributed by atoms with van der Waals surface area (Å²) in [5, 5.41) is 6.03. The van der Waals surface area contributed by atoms with Crippen molar-refractivity contribution >= 4 is 11.8 Å². The van der Waals surface area contributed by atoms with Crippen LogP contribution >= 0.6 is 0 Å². The van der Waals surface area contributed by atoms with Crippen molar-refractivity contribution in [3.05, 3.63) is 35.4 Å². The minimum atomic E-state index is -0.499. The molecule has 21 heavy (non-hydrogen) atoms. The third-order valence-corrected chi connectivity index (χ3v) is 3.98. The highest BCUT2D eigenvalue weighted by Crippen LogP contribution is 2.16. The van der Waals surface area contributed by atoms with E-state index in [4.69, 9.17) is 0 Å². The number of rotatable bonds is 4. The molecule has 1 aliphatic rings. The van der Waals surface area contributed by atoms with Crippen molar-refractivity contribution in [1.29, 1.82) is 0 Å². The fourth-order valence-electron chi connectivity index (χ4n) is 2.50. The van der Waals surface area contributed by atoms with Crippen LogP contribution in [0.1, 0.15) is 25.0 Å². The second-order valence-electron chi connectivity index (χ2n) is 5.49. The van der Waals surface area contributed by atoms with E-state index in [-0.39, 0.29) is 17.9 Å². The van der Waals surface area contributed by atoms with E-state index in [1.165, 1.54) is 11.1 Å². The van der Waals surface area contributed by atoms with Crippen LogP contribution < -0.4 is 10.6 Å². The van der Waals surface area contributed by atoms with E-state index >= 15 is 0 Å². The number of benzene rings is 1. The first kappa shape index (κ1) is 15.5. The van der Waals surface area contributed by atoms with Crippen molar-refractivity contribution in [2.75, 3.05) is 13.6 Å². The van der Waals surface area contributed by atoms with Crippen molar-refractivity contribution in [2.45, 2.75) is 38.9 Å². The standard InChI is InChI=1S/C16H23N3O2/c1-4-19(3)16(21)11(2)18-15(20)14-9-12-7-5-6-8-13(12)10-17-14/h5-8,11,14,17H,4,9-10H2,1-3H3,(H,18,20). The maximum Gasteiger partial charge on any atom is 0.244 e. The quantitative estimate of drug-likeness (QED) is 0.857. The summed E-state index contributed by atoms with van der Waals surface area (Å²) < 4.78 is 0. The SMILES string of the molecule is CCN(C)C(=O)C(C)NC(=O)C1Cc2ccccc2CN1. The fourth-order valence-corrected chi connectivity index (χ4v) is 2.50. The van der Waals surface area contributed by atoms with Crippen LogP contribution in [0.4, 0.5) is 0 Å². The molecule has 0 saturated carbocycles. The topological polar surface area (TPSA) is 61.4 Å². The molecule has 1 aromatic rings. The number of carbonyl (C=O) groups excluding carboxylic acids is 2. The molecule has 1 aliphatic heterocycles. The van der Waals surface area contributed by atoms with Gasteiger partial charge in [0.2, 0.25) is 11.8 Å². The molecule has 5 nitrogen and oxygen atoms in total. The van der Waals surface area contributed by atoms with Gasteiger partial charge in [-0.15, -0.1) is 0 Å². The molecule has 0 saturated heterocycles. The summed E-state index contributed by atoms with van der Waals surface area (Å²) in [6.07, 6.45) is 0.659. The molecule has 5 heteroatoms. The van der Waals surface area contributed by atoms with E-state index in [1.807, 2.05) is 19.1 Å². The molecular weight excluding hydrogens is 266 g/mol. The maximum atomic E-state index is 12.3. The third kappa shape index (κ3) is 3.61. The number of nitrogens with zero attached hydrogens (tertiary/aromatic N) is 1. The number of fused-ring (bicyclic) bond motifs is 1. The van der Waals surface area contributed by atoms with Crippen molar-refractivity contribution in [1.82, 2.24) is 15.5 Å². The molecule has 2 unspecified atom stereocenters. The normalized spacial score (nSPS) is 18.5. The van der Waals surface area contributed by atoms with E-state index < -0.39 is 6.04 Å². The highest BCUT2D eigenvalue weighted by Gasteiger charge is 2.26. The van der Waals surface area contributed by atoms with Crippen LogP contribution in [-0.4, -0.2) is 42.4 Å². The predicted octanol–water partition coefficient (Wildman–Crippen LogP) is 0.684. The summed E-state index contributed by atoms with van der Waals surface area (Å²) in [6, 6.07) is 7.34. The fraction of sp³-hybridized carbons (Fsp3) is 0.500. The maximum absolute atomic E-state index is 12.3. The van der Waals surface area contributed by atoms with Gasteiger partial charge >= 0.3 is 0 Å². The van der Waals surface area contributed by atoms with Crippen molar-refractivity contribution < 1.29 is 9.59 Å². The Labute approximate surface area is 125 Å². The van der Waals surface area contributed by atoms with Gasteiger partial charge in [-0.3, -0.25) is 9.59 Å². The lowest BCUT2D eigenvalue weighted by Crippen LogP contribution is -2.53. The minimum absolute atomic E-state index is 0.0675. The van der Waals surface area contributed by atoms with Crippen molar-refractivity contribution in [3.8, 4) is 0 Å². The number of hydrogen-bond acceptors (Lipinski definition) is 3. The summed E-state index contributed by atoms with van der Waals surface area (Å²) in [4.78, 5) is 25.9. The Morgan fingerprint density at radius 3 is 2.71 bits per heavy atom. The van der Waals surface area contributed by atoms with Crippen LogP contribution in [-0.2, 0) is 22.6 Å². The van der Waals surface area contributed by atoms with Crippen molar-refractivity contribution in [3.63, 3.8) is 0 Å². The highest BCUT2D eigenvalue weighted by atomic mass is 16.2. The Balaban J connectivity index is 1.95. The predicted molar refractivity (Wildman–Crippen MR) is 81.7 cm³/mol. The zero-order valence-electron chi connectivity index (χ0n) is 12.8. The lowest BCUT2D eigenvalue weighted by atomic mass is 9.95. The number of nitrogens with one attached hydrogen (secondary N) is 2. The number of amides is 2. The van der Waals surface area contributed by atoms with E-state index in [1.54, 1.807) is 18.9 Å². The van der Waals surface area contributed by atoms with Gasteiger partial charge in [-0.05, 0) is 31.4 Å². The van der Waals surface area contributed by atoms with Crippen LogP contribution in [0.25, 0.3) is 0 Å². The van der Waals surface area contributed by atoms with Gasteiger partial charge < -0.3 is 15.5 Å². The van der Waals surface area contributed by atoms with E-state index in [0.29, 0.717) is 19.5 Å². The largest absolute Gasteiger partial charge is 0.344 e. The van der Waals surface area contributed by atoms with Gasteiger partial charge in [-0.2, -0.15) is 0 Å². The van der Waals surface area contributed by atoms with Gasteiger partial charge in [0.25, 0.3) is 0 Å². The molecule has 0 aromatic heterocycles. The highest BCUT2D eigenvalue weighted by molar-refractivity contribution is 5.89. The molecule has 1 heterocycles. The van der Waals surface area contributed by atoms with Gasteiger partial charge in [0.15, 0.2) is 0 Å². The first-order valence-electron chi connectivity index (χ1n) is 7.38. The molecule has 0 aliphatic carbocycles. The van der Waals surface area contributed by atoms with Crippen LogP contribution in [0.3, 0.4) is 0 Å². The first-order valence-corrected chi connectivity index (χ1v) is 7.38. The number of likely N-dealkylation sites (N-methyl/N-ethyl adjacent to an activating group) is 1. The average molecular weight is 289 g/mol. The lowest BCUT2D eigenvalue weighted by molar-refractivity contribution is -0.135. The van der Waals surface area contributed by atoms with Crippen molar-refractivity contribution in [2.24, 2.45) is 0 Å². The molecule has 0 bridgehead atoms. The molecule has 114 valence electrons. The second-order valence-corrected chi connectivity index (χ2v) is 5.49. The Morgan fingerprint density at radius 1 is 1.38 bits per heavy atom. The molecule has 2 amide bonds.